The van der Waals surface area contributed by atoms with Crippen molar-refractivity contribution in [2.45, 2.75) is 24.8 Å². The molecule has 0 aliphatic heterocycles. The first kappa shape index (κ1) is 11.6. The van der Waals surface area contributed by atoms with Crippen molar-refractivity contribution >= 4 is 0 Å². The van der Waals surface area contributed by atoms with Crippen molar-refractivity contribution < 1.29 is 8.78 Å². The second kappa shape index (κ2) is 4.84. The predicted octanol–water partition coefficient (Wildman–Crippen LogP) is 1.49. The first-order valence-corrected chi connectivity index (χ1v) is 4.96. The molecule has 2 nitrogen and oxygen atoms in total. The van der Waals surface area contributed by atoms with E-state index in [2.05, 4.69) is 11.9 Å². The molecule has 0 bridgehead atoms. The van der Waals surface area contributed by atoms with Crippen LogP contribution >= 0.6 is 0 Å². The standard InChI is InChI=1S/C10H18F2N2/c1-3-6-14(9-4-5-9)8-10(11,12)7-13-2/h3,9,13H,1,4-8H2,2H3. The molecule has 0 aromatic carbocycles. The van der Waals surface area contributed by atoms with Gasteiger partial charge in [0.05, 0.1) is 13.1 Å². The predicted molar refractivity (Wildman–Crippen MR) is 53.7 cm³/mol. The normalized spacial score (nSPS) is 17.4. The zero-order valence-electron chi connectivity index (χ0n) is 8.60. The van der Waals surface area contributed by atoms with Gasteiger partial charge in [0.1, 0.15) is 0 Å². The fourth-order valence-electron chi connectivity index (χ4n) is 1.56. The third-order valence-electron chi connectivity index (χ3n) is 2.30. The van der Waals surface area contributed by atoms with Gasteiger partial charge in [-0.25, -0.2) is 8.78 Å². The highest BCUT2D eigenvalue weighted by molar-refractivity contribution is 4.91. The summed E-state index contributed by atoms with van der Waals surface area (Å²) in [7, 11) is 1.54. The minimum Gasteiger partial charge on any atom is -0.314 e. The van der Waals surface area contributed by atoms with E-state index in [1.165, 1.54) is 0 Å². The van der Waals surface area contributed by atoms with Crippen molar-refractivity contribution in [2.24, 2.45) is 0 Å². The van der Waals surface area contributed by atoms with Crippen molar-refractivity contribution in [2.75, 3.05) is 26.7 Å². The summed E-state index contributed by atoms with van der Waals surface area (Å²) >= 11 is 0. The number of halogens is 2. The largest absolute Gasteiger partial charge is 0.314 e. The Morgan fingerprint density at radius 1 is 1.57 bits per heavy atom. The highest BCUT2D eigenvalue weighted by atomic mass is 19.3. The molecule has 1 aliphatic rings. The topological polar surface area (TPSA) is 15.3 Å². The summed E-state index contributed by atoms with van der Waals surface area (Å²) in [5.41, 5.74) is 0. The average Bonchev–Trinajstić information content (AvgIpc) is 2.84. The molecule has 0 atom stereocenters. The van der Waals surface area contributed by atoms with Crippen LogP contribution in [0.3, 0.4) is 0 Å². The van der Waals surface area contributed by atoms with E-state index in [1.807, 2.05) is 4.90 Å². The minimum absolute atomic E-state index is 0.162. The van der Waals surface area contributed by atoms with Crippen LogP contribution in [0.2, 0.25) is 0 Å². The molecular weight excluding hydrogens is 186 g/mol. The first-order chi connectivity index (χ1) is 6.59. The van der Waals surface area contributed by atoms with E-state index in [0.29, 0.717) is 12.6 Å². The van der Waals surface area contributed by atoms with E-state index in [0.717, 1.165) is 12.8 Å². The Bertz CT molecular complexity index is 191. The van der Waals surface area contributed by atoms with Gasteiger partial charge in [0.15, 0.2) is 0 Å². The van der Waals surface area contributed by atoms with Crippen LogP contribution in [-0.2, 0) is 0 Å². The fourth-order valence-corrected chi connectivity index (χ4v) is 1.56. The van der Waals surface area contributed by atoms with E-state index in [4.69, 9.17) is 0 Å². The molecule has 0 saturated heterocycles. The Hall–Kier alpha value is -0.480. The fraction of sp³-hybridized carbons (Fsp3) is 0.800. The number of alkyl halides is 2. The average molecular weight is 204 g/mol. The van der Waals surface area contributed by atoms with Gasteiger partial charge in [-0.15, -0.1) is 6.58 Å². The van der Waals surface area contributed by atoms with Crippen molar-refractivity contribution in [1.29, 1.82) is 0 Å². The molecular formula is C10H18F2N2. The molecule has 0 amide bonds. The van der Waals surface area contributed by atoms with Crippen molar-refractivity contribution in [1.82, 2.24) is 10.2 Å². The van der Waals surface area contributed by atoms with Crippen LogP contribution in [0.15, 0.2) is 12.7 Å². The zero-order chi connectivity index (χ0) is 10.6. The summed E-state index contributed by atoms with van der Waals surface area (Å²) in [6, 6.07) is 0.357. The SMILES string of the molecule is C=CCN(CC(F)(F)CNC)C1CC1. The van der Waals surface area contributed by atoms with Crippen molar-refractivity contribution in [3.63, 3.8) is 0 Å². The maximum atomic E-state index is 13.2. The quantitative estimate of drug-likeness (QED) is 0.632. The smallest absolute Gasteiger partial charge is 0.272 e. The Balaban J connectivity index is 2.40. The molecule has 0 aromatic heterocycles. The van der Waals surface area contributed by atoms with Crippen LogP contribution in [0.25, 0.3) is 0 Å². The van der Waals surface area contributed by atoms with E-state index in [-0.39, 0.29) is 13.1 Å². The van der Waals surface area contributed by atoms with Crippen LogP contribution in [0.5, 0.6) is 0 Å². The van der Waals surface area contributed by atoms with Gasteiger partial charge in [0, 0.05) is 12.6 Å². The Labute approximate surface area is 84.0 Å². The molecule has 0 unspecified atom stereocenters. The summed E-state index contributed by atoms with van der Waals surface area (Å²) in [4.78, 5) is 1.81. The summed E-state index contributed by atoms with van der Waals surface area (Å²) < 4.78 is 26.5. The summed E-state index contributed by atoms with van der Waals surface area (Å²) in [5, 5.41) is 2.51. The molecule has 1 saturated carbocycles. The van der Waals surface area contributed by atoms with Gasteiger partial charge in [0.2, 0.25) is 0 Å². The maximum absolute atomic E-state index is 13.2. The third kappa shape index (κ3) is 3.72. The van der Waals surface area contributed by atoms with Crippen LogP contribution < -0.4 is 5.32 Å². The molecule has 0 aromatic rings. The van der Waals surface area contributed by atoms with Crippen LogP contribution in [0.1, 0.15) is 12.8 Å². The van der Waals surface area contributed by atoms with Crippen LogP contribution in [0, 0.1) is 0 Å². The lowest BCUT2D eigenvalue weighted by atomic mass is 10.3. The van der Waals surface area contributed by atoms with E-state index in [1.54, 1.807) is 13.1 Å². The summed E-state index contributed by atoms with van der Waals surface area (Å²) in [6.45, 7) is 3.73. The Kier molecular flexibility index (Phi) is 4.01. The molecule has 4 heteroatoms. The van der Waals surface area contributed by atoms with Gasteiger partial charge < -0.3 is 5.32 Å². The van der Waals surface area contributed by atoms with Gasteiger partial charge in [-0.1, -0.05) is 6.08 Å². The molecule has 1 fully saturated rings. The number of nitrogens with one attached hydrogen (secondary N) is 1. The van der Waals surface area contributed by atoms with Crippen molar-refractivity contribution in [3.05, 3.63) is 12.7 Å². The Morgan fingerprint density at radius 2 is 2.21 bits per heavy atom. The molecule has 82 valence electrons. The van der Waals surface area contributed by atoms with Gasteiger partial charge >= 0.3 is 0 Å². The highest BCUT2D eigenvalue weighted by Gasteiger charge is 2.36. The minimum atomic E-state index is -2.64. The third-order valence-corrected chi connectivity index (χ3v) is 2.30. The molecule has 1 aliphatic carbocycles. The monoisotopic (exact) mass is 204 g/mol. The lowest BCUT2D eigenvalue weighted by Gasteiger charge is -2.26. The second-order valence-corrected chi connectivity index (χ2v) is 3.84. The van der Waals surface area contributed by atoms with Crippen molar-refractivity contribution in [3.8, 4) is 0 Å². The van der Waals surface area contributed by atoms with Crippen LogP contribution in [-0.4, -0.2) is 43.5 Å². The van der Waals surface area contributed by atoms with Gasteiger partial charge in [-0.05, 0) is 19.9 Å². The molecule has 0 spiro atoms. The molecule has 1 N–H and O–H groups in total. The van der Waals surface area contributed by atoms with Gasteiger partial charge in [-0.2, -0.15) is 0 Å². The first-order valence-electron chi connectivity index (χ1n) is 4.96. The zero-order valence-corrected chi connectivity index (χ0v) is 8.60. The molecule has 1 rings (SSSR count). The van der Waals surface area contributed by atoms with Gasteiger partial charge in [-0.3, -0.25) is 4.90 Å². The molecule has 14 heavy (non-hydrogen) atoms. The lowest BCUT2D eigenvalue weighted by Crippen LogP contribution is -2.43. The summed E-state index contributed by atoms with van der Waals surface area (Å²) in [5.74, 6) is -2.64. The van der Waals surface area contributed by atoms with Gasteiger partial charge in [0.25, 0.3) is 5.92 Å². The van der Waals surface area contributed by atoms with Crippen LogP contribution in [0.4, 0.5) is 8.78 Å². The Morgan fingerprint density at radius 3 is 2.64 bits per heavy atom. The highest BCUT2D eigenvalue weighted by Crippen LogP contribution is 2.29. The molecule has 0 heterocycles. The second-order valence-electron chi connectivity index (χ2n) is 3.84. The summed E-state index contributed by atoms with van der Waals surface area (Å²) in [6.07, 6.45) is 3.78. The lowest BCUT2D eigenvalue weighted by molar-refractivity contribution is -0.0285. The van der Waals surface area contributed by atoms with E-state index >= 15 is 0 Å². The van der Waals surface area contributed by atoms with E-state index in [9.17, 15) is 8.78 Å². The van der Waals surface area contributed by atoms with E-state index < -0.39 is 5.92 Å². The number of hydrogen-bond donors (Lipinski definition) is 1. The molecule has 0 radical (unpaired) electrons. The number of hydrogen-bond acceptors (Lipinski definition) is 2. The number of rotatable bonds is 7. The number of nitrogens with zero attached hydrogens (tertiary/aromatic N) is 1. The maximum Gasteiger partial charge on any atom is 0.272 e.